The van der Waals surface area contributed by atoms with Crippen molar-refractivity contribution in [3.8, 4) is 11.5 Å². The highest BCUT2D eigenvalue weighted by molar-refractivity contribution is 5.69. The van der Waals surface area contributed by atoms with Crippen LogP contribution in [0.2, 0.25) is 0 Å². The second-order valence-corrected chi connectivity index (χ2v) is 3.99. The highest BCUT2D eigenvalue weighted by atomic mass is 16.6. The Kier molecular flexibility index (Phi) is 2.51. The number of carbonyl (C=O) groups excluding carboxylic acids is 1. The van der Waals surface area contributed by atoms with E-state index in [1.807, 2.05) is 18.2 Å². The first kappa shape index (κ1) is 10.3. The van der Waals surface area contributed by atoms with Crippen LogP contribution in [0.4, 0.5) is 4.79 Å². The molecule has 0 bridgehead atoms. The number of amides is 1. The van der Waals surface area contributed by atoms with Gasteiger partial charge in [0.15, 0.2) is 11.5 Å². The number of benzene rings is 1. The van der Waals surface area contributed by atoms with Crippen molar-refractivity contribution in [1.82, 2.24) is 5.32 Å². The van der Waals surface area contributed by atoms with Crippen LogP contribution in [0.15, 0.2) is 18.2 Å². The SMILES string of the molecule is O=C1N[C@H](c2cccc3c2OCCO3)CCO1. The summed E-state index contributed by atoms with van der Waals surface area (Å²) in [5.41, 5.74) is 0.957. The minimum absolute atomic E-state index is 0.0621. The maximum Gasteiger partial charge on any atom is 0.407 e. The number of carbonyl (C=O) groups is 1. The molecule has 5 heteroatoms. The Balaban J connectivity index is 1.94. The van der Waals surface area contributed by atoms with Crippen molar-refractivity contribution in [2.45, 2.75) is 12.5 Å². The van der Waals surface area contributed by atoms with E-state index in [4.69, 9.17) is 14.2 Å². The molecular weight excluding hydrogens is 222 g/mol. The van der Waals surface area contributed by atoms with Crippen molar-refractivity contribution in [2.24, 2.45) is 0 Å². The number of alkyl carbamates (subject to hydrolysis) is 1. The highest BCUT2D eigenvalue weighted by Gasteiger charge is 2.26. The van der Waals surface area contributed by atoms with Gasteiger partial charge in [0.25, 0.3) is 0 Å². The largest absolute Gasteiger partial charge is 0.486 e. The molecule has 1 aromatic rings. The lowest BCUT2D eigenvalue weighted by Gasteiger charge is -2.28. The van der Waals surface area contributed by atoms with E-state index in [1.165, 1.54) is 0 Å². The van der Waals surface area contributed by atoms with Crippen LogP contribution in [-0.2, 0) is 4.74 Å². The Morgan fingerprint density at radius 1 is 1.12 bits per heavy atom. The molecule has 0 radical (unpaired) electrons. The fourth-order valence-electron chi connectivity index (χ4n) is 2.13. The zero-order valence-corrected chi connectivity index (χ0v) is 9.27. The van der Waals surface area contributed by atoms with E-state index in [-0.39, 0.29) is 12.1 Å². The summed E-state index contributed by atoms with van der Waals surface area (Å²) in [4.78, 5) is 11.2. The number of para-hydroxylation sites is 1. The molecule has 3 rings (SSSR count). The molecule has 17 heavy (non-hydrogen) atoms. The van der Waals surface area contributed by atoms with Gasteiger partial charge >= 0.3 is 6.09 Å². The molecule has 2 aliphatic heterocycles. The summed E-state index contributed by atoms with van der Waals surface area (Å²) in [6, 6.07) is 5.67. The molecule has 0 aromatic heterocycles. The third-order valence-corrected chi connectivity index (χ3v) is 2.90. The van der Waals surface area contributed by atoms with Gasteiger partial charge in [-0.2, -0.15) is 0 Å². The summed E-state index contributed by atoms with van der Waals surface area (Å²) in [7, 11) is 0. The number of nitrogens with one attached hydrogen (secondary N) is 1. The van der Waals surface area contributed by atoms with Gasteiger partial charge in [-0.1, -0.05) is 12.1 Å². The average Bonchev–Trinajstić information content (AvgIpc) is 2.38. The van der Waals surface area contributed by atoms with Gasteiger partial charge in [-0.3, -0.25) is 0 Å². The molecule has 90 valence electrons. The Hall–Kier alpha value is -1.91. The fourth-order valence-corrected chi connectivity index (χ4v) is 2.13. The molecule has 0 aliphatic carbocycles. The van der Waals surface area contributed by atoms with E-state index in [9.17, 15) is 4.79 Å². The van der Waals surface area contributed by atoms with Crippen LogP contribution in [0, 0.1) is 0 Å². The van der Waals surface area contributed by atoms with Crippen LogP contribution in [0.25, 0.3) is 0 Å². The Morgan fingerprint density at radius 3 is 2.88 bits per heavy atom. The summed E-state index contributed by atoms with van der Waals surface area (Å²) >= 11 is 0. The fraction of sp³-hybridized carbons (Fsp3) is 0.417. The Bertz CT molecular complexity index is 446. The lowest BCUT2D eigenvalue weighted by Crippen LogP contribution is -2.35. The first-order valence-corrected chi connectivity index (χ1v) is 5.66. The van der Waals surface area contributed by atoms with E-state index >= 15 is 0 Å². The van der Waals surface area contributed by atoms with Gasteiger partial charge in [0.1, 0.15) is 13.2 Å². The van der Waals surface area contributed by atoms with Crippen LogP contribution in [0.3, 0.4) is 0 Å². The van der Waals surface area contributed by atoms with Gasteiger partial charge < -0.3 is 19.5 Å². The number of fused-ring (bicyclic) bond motifs is 1. The number of hydrogen-bond acceptors (Lipinski definition) is 4. The van der Waals surface area contributed by atoms with Crippen LogP contribution < -0.4 is 14.8 Å². The normalized spacial score (nSPS) is 22.6. The van der Waals surface area contributed by atoms with Gasteiger partial charge in [-0.25, -0.2) is 4.79 Å². The topological polar surface area (TPSA) is 56.8 Å². The summed E-state index contributed by atoms with van der Waals surface area (Å²) < 4.78 is 16.0. The van der Waals surface area contributed by atoms with Crippen LogP contribution >= 0.6 is 0 Å². The van der Waals surface area contributed by atoms with Gasteiger partial charge in [-0.15, -0.1) is 0 Å². The lowest BCUT2D eigenvalue weighted by atomic mass is 10.0. The molecule has 5 nitrogen and oxygen atoms in total. The number of hydrogen-bond donors (Lipinski definition) is 1. The van der Waals surface area contributed by atoms with Crippen LogP contribution in [-0.4, -0.2) is 25.9 Å². The maximum atomic E-state index is 11.2. The monoisotopic (exact) mass is 235 g/mol. The molecule has 1 saturated heterocycles. The first-order valence-electron chi connectivity index (χ1n) is 5.66. The molecule has 0 spiro atoms. The third-order valence-electron chi connectivity index (χ3n) is 2.90. The minimum Gasteiger partial charge on any atom is -0.486 e. The van der Waals surface area contributed by atoms with Gasteiger partial charge in [-0.05, 0) is 6.07 Å². The Labute approximate surface area is 98.7 Å². The molecule has 1 N–H and O–H groups in total. The molecule has 1 fully saturated rings. The molecule has 1 atom stereocenters. The quantitative estimate of drug-likeness (QED) is 0.803. The predicted octanol–water partition coefficient (Wildman–Crippen LogP) is 1.63. The van der Waals surface area contributed by atoms with E-state index < -0.39 is 0 Å². The van der Waals surface area contributed by atoms with Crippen molar-refractivity contribution in [2.75, 3.05) is 19.8 Å². The molecular formula is C12H13NO4. The average molecular weight is 235 g/mol. The second-order valence-electron chi connectivity index (χ2n) is 3.99. The molecule has 1 amide bonds. The van der Waals surface area contributed by atoms with Crippen molar-refractivity contribution in [1.29, 1.82) is 0 Å². The van der Waals surface area contributed by atoms with E-state index in [1.54, 1.807) is 0 Å². The third kappa shape index (κ3) is 1.88. The zero-order chi connectivity index (χ0) is 11.7. The van der Waals surface area contributed by atoms with E-state index in [2.05, 4.69) is 5.32 Å². The van der Waals surface area contributed by atoms with Crippen molar-refractivity contribution in [3.63, 3.8) is 0 Å². The van der Waals surface area contributed by atoms with Crippen LogP contribution in [0.5, 0.6) is 11.5 Å². The summed E-state index contributed by atoms with van der Waals surface area (Å²) in [6.07, 6.45) is 0.363. The standard InChI is InChI=1S/C12H13NO4/c14-12-13-9(4-5-17-12)8-2-1-3-10-11(8)16-7-6-15-10/h1-3,9H,4-7H2,(H,13,14)/t9-/m0/s1. The number of cyclic esters (lactones) is 1. The van der Waals surface area contributed by atoms with Gasteiger partial charge in [0.05, 0.1) is 12.6 Å². The minimum atomic E-state index is -0.379. The summed E-state index contributed by atoms with van der Waals surface area (Å²) in [6.45, 7) is 1.54. The van der Waals surface area contributed by atoms with Crippen LogP contribution in [0.1, 0.15) is 18.0 Å². The molecule has 0 unspecified atom stereocenters. The maximum absolute atomic E-state index is 11.2. The molecule has 1 aromatic carbocycles. The predicted molar refractivity (Wildman–Crippen MR) is 59.3 cm³/mol. The van der Waals surface area contributed by atoms with Gasteiger partial charge in [0, 0.05) is 12.0 Å². The lowest BCUT2D eigenvalue weighted by molar-refractivity contribution is 0.113. The molecule has 2 aliphatic rings. The molecule has 2 heterocycles. The van der Waals surface area contributed by atoms with E-state index in [0.29, 0.717) is 19.8 Å². The van der Waals surface area contributed by atoms with Crippen molar-refractivity contribution < 1.29 is 19.0 Å². The molecule has 0 saturated carbocycles. The summed E-state index contributed by atoms with van der Waals surface area (Å²) in [5.74, 6) is 1.49. The zero-order valence-electron chi connectivity index (χ0n) is 9.27. The highest BCUT2D eigenvalue weighted by Crippen LogP contribution is 2.38. The van der Waals surface area contributed by atoms with Crippen molar-refractivity contribution in [3.05, 3.63) is 23.8 Å². The number of rotatable bonds is 1. The van der Waals surface area contributed by atoms with E-state index in [0.717, 1.165) is 23.5 Å². The smallest absolute Gasteiger partial charge is 0.407 e. The first-order chi connectivity index (χ1) is 8.34. The number of ether oxygens (including phenoxy) is 3. The second kappa shape index (κ2) is 4.16. The van der Waals surface area contributed by atoms with Crippen molar-refractivity contribution >= 4 is 6.09 Å². The van der Waals surface area contributed by atoms with Gasteiger partial charge in [0.2, 0.25) is 0 Å². The summed E-state index contributed by atoms with van der Waals surface area (Å²) in [5, 5.41) is 2.79. The Morgan fingerprint density at radius 2 is 2.00 bits per heavy atom.